The minimum Gasteiger partial charge on any atom is -0.392 e. The number of rotatable bonds is 2. The van der Waals surface area contributed by atoms with Crippen LogP contribution < -0.4 is 0 Å². The summed E-state index contributed by atoms with van der Waals surface area (Å²) in [6, 6.07) is 8.40. The molecule has 0 aromatic heterocycles. The maximum absolute atomic E-state index is 12.2. The van der Waals surface area contributed by atoms with Crippen LogP contribution in [0.3, 0.4) is 0 Å². The van der Waals surface area contributed by atoms with Crippen molar-refractivity contribution >= 4 is 9.84 Å². The predicted octanol–water partition coefficient (Wildman–Crippen LogP) is 1.76. The molecule has 3 nitrogen and oxygen atoms in total. The van der Waals surface area contributed by atoms with E-state index in [1.165, 1.54) is 0 Å². The number of hydrogen-bond donors (Lipinski definition) is 1. The highest BCUT2D eigenvalue weighted by atomic mass is 32.2. The Morgan fingerprint density at radius 1 is 1.06 bits per heavy atom. The fraction of sp³-hybridized carbons (Fsp3) is 0.500. The van der Waals surface area contributed by atoms with Gasteiger partial charge in [0.25, 0.3) is 0 Å². The summed E-state index contributed by atoms with van der Waals surface area (Å²) in [7, 11) is -3.36. The van der Waals surface area contributed by atoms with E-state index in [-0.39, 0.29) is 0 Å². The van der Waals surface area contributed by atoms with E-state index in [2.05, 4.69) is 0 Å². The van der Waals surface area contributed by atoms with Crippen molar-refractivity contribution in [1.29, 1.82) is 0 Å². The number of sulfone groups is 1. The molecule has 0 aliphatic heterocycles. The Morgan fingerprint density at radius 3 is 2.31 bits per heavy atom. The lowest BCUT2D eigenvalue weighted by Gasteiger charge is -2.27. The zero-order valence-corrected chi connectivity index (χ0v) is 9.86. The van der Waals surface area contributed by atoms with Crippen molar-refractivity contribution in [3.63, 3.8) is 0 Å². The molecule has 0 heterocycles. The SMILES string of the molecule is O=S(=O)(c1ccccc1)[C@@H]1CCCC[C@@H]1O. The monoisotopic (exact) mass is 240 g/mol. The van der Waals surface area contributed by atoms with E-state index >= 15 is 0 Å². The molecule has 1 aliphatic rings. The van der Waals surface area contributed by atoms with Gasteiger partial charge in [-0.2, -0.15) is 0 Å². The maximum Gasteiger partial charge on any atom is 0.183 e. The molecule has 0 unspecified atom stereocenters. The van der Waals surface area contributed by atoms with Crippen molar-refractivity contribution in [3.8, 4) is 0 Å². The minimum atomic E-state index is -3.36. The van der Waals surface area contributed by atoms with Gasteiger partial charge in [0.15, 0.2) is 9.84 Å². The predicted molar refractivity (Wildman–Crippen MR) is 61.9 cm³/mol. The second kappa shape index (κ2) is 4.55. The van der Waals surface area contributed by atoms with E-state index in [0.717, 1.165) is 12.8 Å². The Balaban J connectivity index is 2.32. The van der Waals surface area contributed by atoms with Crippen molar-refractivity contribution in [1.82, 2.24) is 0 Å². The maximum atomic E-state index is 12.2. The first-order valence-corrected chi connectivity index (χ1v) is 7.14. The first-order chi connectivity index (χ1) is 7.62. The largest absolute Gasteiger partial charge is 0.392 e. The Hall–Kier alpha value is -0.870. The lowest BCUT2D eigenvalue weighted by atomic mass is 9.97. The number of aliphatic hydroxyl groups is 1. The van der Waals surface area contributed by atoms with Crippen molar-refractivity contribution in [2.24, 2.45) is 0 Å². The third kappa shape index (κ3) is 2.13. The summed E-state index contributed by atoms with van der Waals surface area (Å²) in [4.78, 5) is 0.320. The standard InChI is InChI=1S/C12H16O3S/c13-11-8-4-5-9-12(11)16(14,15)10-6-2-1-3-7-10/h1-3,6-7,11-13H,4-5,8-9H2/t11-,12+/m0/s1. The zero-order chi connectivity index (χ0) is 11.6. The summed E-state index contributed by atoms with van der Waals surface area (Å²) >= 11 is 0. The van der Waals surface area contributed by atoms with Gasteiger partial charge in [0.2, 0.25) is 0 Å². The van der Waals surface area contributed by atoms with Gasteiger partial charge in [-0.1, -0.05) is 31.0 Å². The molecule has 0 bridgehead atoms. The van der Waals surface area contributed by atoms with Crippen molar-refractivity contribution in [3.05, 3.63) is 30.3 Å². The van der Waals surface area contributed by atoms with E-state index in [1.54, 1.807) is 30.3 Å². The number of aliphatic hydroxyl groups excluding tert-OH is 1. The van der Waals surface area contributed by atoms with Crippen LogP contribution in [0.5, 0.6) is 0 Å². The zero-order valence-electron chi connectivity index (χ0n) is 9.04. The van der Waals surface area contributed by atoms with Crippen LogP contribution in [0, 0.1) is 0 Å². The van der Waals surface area contributed by atoms with Crippen LogP contribution >= 0.6 is 0 Å². The molecule has 1 saturated carbocycles. The van der Waals surface area contributed by atoms with Gasteiger partial charge in [0, 0.05) is 0 Å². The molecule has 1 aliphatic carbocycles. The molecule has 88 valence electrons. The number of benzene rings is 1. The molecule has 16 heavy (non-hydrogen) atoms. The smallest absolute Gasteiger partial charge is 0.183 e. The highest BCUT2D eigenvalue weighted by Gasteiger charge is 2.35. The van der Waals surface area contributed by atoms with Crippen molar-refractivity contribution in [2.45, 2.75) is 41.9 Å². The quantitative estimate of drug-likeness (QED) is 0.857. The van der Waals surface area contributed by atoms with Crippen LogP contribution in [0.25, 0.3) is 0 Å². The topological polar surface area (TPSA) is 54.4 Å². The summed E-state index contributed by atoms with van der Waals surface area (Å²) in [6.45, 7) is 0. The van der Waals surface area contributed by atoms with Gasteiger partial charge in [-0.3, -0.25) is 0 Å². The van der Waals surface area contributed by atoms with Gasteiger partial charge < -0.3 is 5.11 Å². The van der Waals surface area contributed by atoms with Crippen LogP contribution in [0.15, 0.2) is 35.2 Å². The first kappa shape index (κ1) is 11.6. The van der Waals surface area contributed by atoms with E-state index < -0.39 is 21.2 Å². The average Bonchev–Trinajstić information content (AvgIpc) is 2.30. The highest BCUT2D eigenvalue weighted by Crippen LogP contribution is 2.28. The molecule has 2 rings (SSSR count). The third-order valence-corrected chi connectivity index (χ3v) is 5.41. The van der Waals surface area contributed by atoms with Crippen molar-refractivity contribution < 1.29 is 13.5 Å². The first-order valence-electron chi connectivity index (χ1n) is 5.59. The van der Waals surface area contributed by atoms with Crippen LogP contribution in [0.2, 0.25) is 0 Å². The van der Waals surface area contributed by atoms with Gasteiger partial charge in [-0.05, 0) is 25.0 Å². The van der Waals surface area contributed by atoms with Crippen molar-refractivity contribution in [2.75, 3.05) is 0 Å². The number of hydrogen-bond acceptors (Lipinski definition) is 3. The molecule has 4 heteroatoms. The summed E-state index contributed by atoms with van der Waals surface area (Å²) in [5.41, 5.74) is 0. The molecule has 0 radical (unpaired) electrons. The van der Waals surface area contributed by atoms with Gasteiger partial charge >= 0.3 is 0 Å². The summed E-state index contributed by atoms with van der Waals surface area (Å²) < 4.78 is 24.5. The Labute approximate surface area is 96.0 Å². The molecule has 2 atom stereocenters. The summed E-state index contributed by atoms with van der Waals surface area (Å²) in [5.74, 6) is 0. The summed E-state index contributed by atoms with van der Waals surface area (Å²) in [6.07, 6.45) is 2.25. The van der Waals surface area contributed by atoms with Gasteiger partial charge in [-0.25, -0.2) is 8.42 Å². The molecule has 0 spiro atoms. The third-order valence-electron chi connectivity index (χ3n) is 3.14. The fourth-order valence-corrected chi connectivity index (χ4v) is 4.14. The van der Waals surface area contributed by atoms with Gasteiger partial charge in [-0.15, -0.1) is 0 Å². The molecule has 1 N–H and O–H groups in total. The molecule has 1 fully saturated rings. The molecular formula is C12H16O3S. The van der Waals surface area contributed by atoms with E-state index in [1.807, 2.05) is 0 Å². The molecule has 0 amide bonds. The lowest BCUT2D eigenvalue weighted by molar-refractivity contribution is 0.133. The van der Waals surface area contributed by atoms with Gasteiger partial charge in [0.05, 0.1) is 16.2 Å². The Morgan fingerprint density at radius 2 is 1.69 bits per heavy atom. The lowest BCUT2D eigenvalue weighted by Crippen LogP contribution is -2.36. The second-order valence-corrected chi connectivity index (χ2v) is 6.42. The van der Waals surface area contributed by atoms with E-state index in [4.69, 9.17) is 0 Å². The van der Waals surface area contributed by atoms with Crippen LogP contribution in [-0.2, 0) is 9.84 Å². The highest BCUT2D eigenvalue weighted by molar-refractivity contribution is 7.92. The minimum absolute atomic E-state index is 0.320. The van der Waals surface area contributed by atoms with E-state index in [0.29, 0.717) is 17.7 Å². The van der Waals surface area contributed by atoms with E-state index in [9.17, 15) is 13.5 Å². The van der Waals surface area contributed by atoms with Crippen LogP contribution in [-0.4, -0.2) is 24.9 Å². The summed E-state index contributed by atoms with van der Waals surface area (Å²) in [5, 5.41) is 9.17. The molecule has 0 saturated heterocycles. The molecular weight excluding hydrogens is 224 g/mol. The van der Waals surface area contributed by atoms with Gasteiger partial charge in [0.1, 0.15) is 0 Å². The Kier molecular flexibility index (Phi) is 3.30. The average molecular weight is 240 g/mol. The second-order valence-electron chi connectivity index (χ2n) is 4.25. The Bertz CT molecular complexity index is 439. The molecule has 1 aromatic carbocycles. The molecule has 1 aromatic rings. The van der Waals surface area contributed by atoms with Crippen LogP contribution in [0.1, 0.15) is 25.7 Å². The normalized spacial score (nSPS) is 26.6. The fourth-order valence-electron chi connectivity index (χ4n) is 2.22. The van der Waals surface area contributed by atoms with Crippen LogP contribution in [0.4, 0.5) is 0 Å².